The van der Waals surface area contributed by atoms with Gasteiger partial charge >= 0.3 is 0 Å². The van der Waals surface area contributed by atoms with E-state index in [1.807, 2.05) is 0 Å². The number of hydrogen-bond donors (Lipinski definition) is 2. The van der Waals surface area contributed by atoms with Crippen molar-refractivity contribution in [1.82, 2.24) is 0 Å². The second kappa shape index (κ2) is 5.66. The molecule has 3 N–H and O–H groups in total. The van der Waals surface area contributed by atoms with Gasteiger partial charge in [0.2, 0.25) is 0 Å². The molecule has 0 spiro atoms. The van der Waals surface area contributed by atoms with E-state index in [2.05, 4.69) is 43.4 Å². The molecule has 1 aromatic carbocycles. The number of para-hydroxylation sites is 1. The van der Waals surface area contributed by atoms with E-state index < -0.39 is 0 Å². The Morgan fingerprint density at radius 3 is 2.64 bits per heavy atom. The standard InChI is InChI=1S/C12H20N2/c1-3-6-11(9-13)14-12-8-5-4-7-10(12)2/h4-5,7-8,11,14H,3,6,9,13H2,1-2H3. The molecule has 0 aliphatic heterocycles. The van der Waals surface area contributed by atoms with Gasteiger partial charge in [-0.15, -0.1) is 0 Å². The highest BCUT2D eigenvalue weighted by atomic mass is 14.9. The van der Waals surface area contributed by atoms with Crippen molar-refractivity contribution in [3.8, 4) is 0 Å². The van der Waals surface area contributed by atoms with Gasteiger partial charge in [0.25, 0.3) is 0 Å². The van der Waals surface area contributed by atoms with Crippen molar-refractivity contribution in [1.29, 1.82) is 0 Å². The van der Waals surface area contributed by atoms with Crippen LogP contribution in [0.4, 0.5) is 5.69 Å². The van der Waals surface area contributed by atoms with E-state index in [1.54, 1.807) is 0 Å². The Morgan fingerprint density at radius 1 is 1.36 bits per heavy atom. The normalized spacial score (nSPS) is 12.5. The fourth-order valence-electron chi connectivity index (χ4n) is 1.55. The van der Waals surface area contributed by atoms with Crippen molar-refractivity contribution in [3.05, 3.63) is 29.8 Å². The molecule has 0 saturated carbocycles. The largest absolute Gasteiger partial charge is 0.381 e. The summed E-state index contributed by atoms with van der Waals surface area (Å²) in [7, 11) is 0. The predicted octanol–water partition coefficient (Wildman–Crippen LogP) is 2.53. The van der Waals surface area contributed by atoms with Gasteiger partial charge in [0.1, 0.15) is 0 Å². The molecular formula is C12H20N2. The zero-order chi connectivity index (χ0) is 10.4. The Morgan fingerprint density at radius 2 is 2.07 bits per heavy atom. The van der Waals surface area contributed by atoms with E-state index in [1.165, 1.54) is 17.7 Å². The van der Waals surface area contributed by atoms with E-state index in [-0.39, 0.29) is 0 Å². The second-order valence-corrected chi connectivity index (χ2v) is 3.68. The number of rotatable bonds is 5. The Bertz CT molecular complexity index is 271. The van der Waals surface area contributed by atoms with Crippen molar-refractivity contribution in [3.63, 3.8) is 0 Å². The predicted molar refractivity (Wildman–Crippen MR) is 62.6 cm³/mol. The van der Waals surface area contributed by atoms with E-state index in [0.29, 0.717) is 12.6 Å². The fourth-order valence-corrected chi connectivity index (χ4v) is 1.55. The SMILES string of the molecule is CCCC(CN)Nc1ccccc1C. The molecule has 0 aliphatic rings. The van der Waals surface area contributed by atoms with Crippen LogP contribution in [0, 0.1) is 6.92 Å². The molecule has 1 aromatic rings. The van der Waals surface area contributed by atoms with Gasteiger partial charge in [-0.25, -0.2) is 0 Å². The lowest BCUT2D eigenvalue weighted by molar-refractivity contribution is 0.648. The summed E-state index contributed by atoms with van der Waals surface area (Å²) in [5.41, 5.74) is 8.18. The fraction of sp³-hybridized carbons (Fsp3) is 0.500. The molecule has 0 heterocycles. The van der Waals surface area contributed by atoms with Crippen molar-refractivity contribution < 1.29 is 0 Å². The van der Waals surface area contributed by atoms with Gasteiger partial charge in [0.15, 0.2) is 0 Å². The van der Waals surface area contributed by atoms with Gasteiger partial charge in [-0.1, -0.05) is 31.5 Å². The first-order valence-electron chi connectivity index (χ1n) is 5.30. The number of nitrogens with two attached hydrogens (primary N) is 1. The molecule has 1 rings (SSSR count). The summed E-state index contributed by atoms with van der Waals surface area (Å²) in [6, 6.07) is 8.73. The molecule has 0 fully saturated rings. The molecule has 1 unspecified atom stereocenters. The smallest absolute Gasteiger partial charge is 0.0383 e. The van der Waals surface area contributed by atoms with E-state index in [4.69, 9.17) is 5.73 Å². The van der Waals surface area contributed by atoms with Crippen LogP contribution >= 0.6 is 0 Å². The van der Waals surface area contributed by atoms with Crippen molar-refractivity contribution in [2.45, 2.75) is 32.7 Å². The molecule has 2 nitrogen and oxygen atoms in total. The lowest BCUT2D eigenvalue weighted by atomic mass is 10.1. The van der Waals surface area contributed by atoms with Crippen LogP contribution in [0.15, 0.2) is 24.3 Å². The summed E-state index contributed by atoms with van der Waals surface area (Å²) >= 11 is 0. The Hall–Kier alpha value is -1.02. The Balaban J connectivity index is 2.62. The summed E-state index contributed by atoms with van der Waals surface area (Å²) in [4.78, 5) is 0. The highest BCUT2D eigenvalue weighted by molar-refractivity contribution is 5.50. The maximum absolute atomic E-state index is 5.69. The minimum atomic E-state index is 0.404. The quantitative estimate of drug-likeness (QED) is 0.752. The third kappa shape index (κ3) is 3.04. The molecule has 1 atom stereocenters. The zero-order valence-electron chi connectivity index (χ0n) is 9.09. The monoisotopic (exact) mass is 192 g/mol. The Labute approximate surface area is 86.5 Å². The average molecular weight is 192 g/mol. The minimum Gasteiger partial charge on any atom is -0.381 e. The number of anilines is 1. The summed E-state index contributed by atoms with van der Waals surface area (Å²) in [6.45, 7) is 4.99. The first-order valence-corrected chi connectivity index (χ1v) is 5.30. The highest BCUT2D eigenvalue weighted by Crippen LogP contribution is 2.15. The van der Waals surface area contributed by atoms with Crippen LogP contribution in [0.1, 0.15) is 25.3 Å². The number of benzene rings is 1. The van der Waals surface area contributed by atoms with Gasteiger partial charge in [-0.3, -0.25) is 0 Å². The molecule has 0 bridgehead atoms. The van der Waals surface area contributed by atoms with Crippen molar-refractivity contribution in [2.75, 3.05) is 11.9 Å². The van der Waals surface area contributed by atoms with E-state index >= 15 is 0 Å². The molecule has 0 aliphatic carbocycles. The van der Waals surface area contributed by atoms with Crippen molar-refractivity contribution >= 4 is 5.69 Å². The lowest BCUT2D eigenvalue weighted by Gasteiger charge is -2.18. The maximum Gasteiger partial charge on any atom is 0.0383 e. The average Bonchev–Trinajstić information content (AvgIpc) is 2.20. The van der Waals surface area contributed by atoms with Crippen molar-refractivity contribution in [2.24, 2.45) is 5.73 Å². The van der Waals surface area contributed by atoms with E-state index in [9.17, 15) is 0 Å². The topological polar surface area (TPSA) is 38.0 Å². The van der Waals surface area contributed by atoms with E-state index in [0.717, 1.165) is 6.42 Å². The van der Waals surface area contributed by atoms with Gasteiger partial charge in [-0.05, 0) is 25.0 Å². The van der Waals surface area contributed by atoms with Crippen LogP contribution in [0.3, 0.4) is 0 Å². The van der Waals surface area contributed by atoms with Crippen LogP contribution in [0.2, 0.25) is 0 Å². The van der Waals surface area contributed by atoms with Gasteiger partial charge in [-0.2, -0.15) is 0 Å². The third-order valence-electron chi connectivity index (χ3n) is 2.43. The van der Waals surface area contributed by atoms with Crippen LogP contribution in [0.25, 0.3) is 0 Å². The first kappa shape index (κ1) is 11.1. The number of aryl methyl sites for hydroxylation is 1. The maximum atomic E-state index is 5.69. The van der Waals surface area contributed by atoms with Gasteiger partial charge < -0.3 is 11.1 Å². The molecule has 78 valence electrons. The summed E-state index contributed by atoms with van der Waals surface area (Å²) in [5, 5.41) is 3.47. The molecule has 0 aromatic heterocycles. The molecule has 0 saturated heterocycles. The summed E-state index contributed by atoms with van der Waals surface area (Å²) in [6.07, 6.45) is 2.30. The van der Waals surface area contributed by atoms with Crippen LogP contribution in [0.5, 0.6) is 0 Å². The summed E-state index contributed by atoms with van der Waals surface area (Å²) < 4.78 is 0. The molecule has 0 radical (unpaired) electrons. The van der Waals surface area contributed by atoms with Gasteiger partial charge in [0, 0.05) is 18.3 Å². The minimum absolute atomic E-state index is 0.404. The lowest BCUT2D eigenvalue weighted by Crippen LogP contribution is -2.28. The third-order valence-corrected chi connectivity index (χ3v) is 2.43. The number of hydrogen-bond acceptors (Lipinski definition) is 2. The summed E-state index contributed by atoms with van der Waals surface area (Å²) in [5.74, 6) is 0. The highest BCUT2D eigenvalue weighted by Gasteiger charge is 2.05. The van der Waals surface area contributed by atoms with Crippen LogP contribution in [-0.4, -0.2) is 12.6 Å². The second-order valence-electron chi connectivity index (χ2n) is 3.68. The van der Waals surface area contributed by atoms with Crippen LogP contribution in [-0.2, 0) is 0 Å². The molecule has 0 amide bonds. The van der Waals surface area contributed by atoms with Crippen LogP contribution < -0.4 is 11.1 Å². The molecule has 2 heteroatoms. The Kier molecular flexibility index (Phi) is 4.47. The zero-order valence-corrected chi connectivity index (χ0v) is 9.09. The molecule has 14 heavy (non-hydrogen) atoms. The molecular weight excluding hydrogens is 172 g/mol. The van der Waals surface area contributed by atoms with Gasteiger partial charge in [0.05, 0.1) is 0 Å². The number of nitrogens with one attached hydrogen (secondary N) is 1. The first-order chi connectivity index (χ1) is 6.77.